The van der Waals surface area contributed by atoms with Crippen LogP contribution in [-0.2, 0) is 4.74 Å². The first-order chi connectivity index (χ1) is 7.06. The molecule has 5 heteroatoms. The molecule has 0 aliphatic rings. The van der Waals surface area contributed by atoms with Gasteiger partial charge in [-0.3, -0.25) is 0 Å². The van der Waals surface area contributed by atoms with E-state index >= 15 is 0 Å². The van der Waals surface area contributed by atoms with Gasteiger partial charge >= 0.3 is 0 Å². The lowest BCUT2D eigenvalue weighted by molar-refractivity contribution is 0.183. The number of nitrogens with two attached hydrogens (primary N) is 1. The van der Waals surface area contributed by atoms with E-state index in [9.17, 15) is 0 Å². The van der Waals surface area contributed by atoms with Crippen molar-refractivity contribution in [1.29, 1.82) is 0 Å². The fourth-order valence-corrected chi connectivity index (χ4v) is 1.37. The number of nitrogen functional groups attached to an aromatic ring is 1. The molecule has 2 N–H and O–H groups in total. The molecule has 0 spiro atoms. The highest BCUT2D eigenvalue weighted by atomic mass is 16.5. The summed E-state index contributed by atoms with van der Waals surface area (Å²) in [5.41, 5.74) is 6.57. The molecule has 1 heterocycles. The molecule has 0 radical (unpaired) electrons. The van der Waals surface area contributed by atoms with Gasteiger partial charge in [0.2, 0.25) is 5.95 Å². The Hall–Kier alpha value is -1.36. The molecule has 15 heavy (non-hydrogen) atoms. The quantitative estimate of drug-likeness (QED) is 0.797. The third-order valence-electron chi connectivity index (χ3n) is 2.37. The molecule has 1 atom stereocenters. The molecule has 0 saturated carbocycles. The molecule has 0 aromatic carbocycles. The molecule has 0 fully saturated rings. The summed E-state index contributed by atoms with van der Waals surface area (Å²) >= 11 is 0. The molecule has 0 aliphatic heterocycles. The van der Waals surface area contributed by atoms with Crippen LogP contribution in [-0.4, -0.2) is 36.8 Å². The van der Waals surface area contributed by atoms with E-state index in [1.807, 2.05) is 18.9 Å². The largest absolute Gasteiger partial charge is 0.383 e. The van der Waals surface area contributed by atoms with Gasteiger partial charge in [-0.1, -0.05) is 0 Å². The SMILES string of the molecule is COCC(C)N(C)c1nc(N)ncc1C. The van der Waals surface area contributed by atoms with E-state index in [2.05, 4.69) is 16.9 Å². The maximum atomic E-state index is 5.56. The molecule has 84 valence electrons. The lowest BCUT2D eigenvalue weighted by atomic mass is 10.2. The van der Waals surface area contributed by atoms with Crippen LogP contribution in [0.2, 0.25) is 0 Å². The van der Waals surface area contributed by atoms with Crippen molar-refractivity contribution in [3.63, 3.8) is 0 Å². The Morgan fingerprint density at radius 3 is 2.87 bits per heavy atom. The van der Waals surface area contributed by atoms with Crippen LogP contribution in [0.3, 0.4) is 0 Å². The second-order valence-electron chi connectivity index (χ2n) is 3.65. The van der Waals surface area contributed by atoms with Crippen molar-refractivity contribution in [2.24, 2.45) is 0 Å². The average molecular weight is 210 g/mol. The van der Waals surface area contributed by atoms with Gasteiger partial charge in [0.15, 0.2) is 0 Å². The van der Waals surface area contributed by atoms with E-state index in [0.717, 1.165) is 11.4 Å². The van der Waals surface area contributed by atoms with Gasteiger partial charge < -0.3 is 15.4 Å². The van der Waals surface area contributed by atoms with Crippen molar-refractivity contribution in [2.75, 3.05) is 31.4 Å². The Balaban J connectivity index is 2.89. The first kappa shape index (κ1) is 11.7. The summed E-state index contributed by atoms with van der Waals surface area (Å²) in [6, 6.07) is 0.253. The summed E-state index contributed by atoms with van der Waals surface area (Å²) in [7, 11) is 3.66. The van der Waals surface area contributed by atoms with Crippen LogP contribution < -0.4 is 10.6 Å². The number of likely N-dealkylation sites (N-methyl/N-ethyl adjacent to an activating group) is 1. The predicted octanol–water partition coefficient (Wildman–Crippen LogP) is 0.838. The zero-order chi connectivity index (χ0) is 11.4. The van der Waals surface area contributed by atoms with E-state index in [1.54, 1.807) is 13.3 Å². The lowest BCUT2D eigenvalue weighted by Gasteiger charge is -2.26. The number of aryl methyl sites for hydroxylation is 1. The van der Waals surface area contributed by atoms with Gasteiger partial charge in [-0.2, -0.15) is 4.98 Å². The van der Waals surface area contributed by atoms with Crippen molar-refractivity contribution < 1.29 is 4.74 Å². The van der Waals surface area contributed by atoms with Gasteiger partial charge in [-0.25, -0.2) is 4.98 Å². The second-order valence-corrected chi connectivity index (χ2v) is 3.65. The number of nitrogens with zero attached hydrogens (tertiary/aromatic N) is 3. The topological polar surface area (TPSA) is 64.3 Å². The number of rotatable bonds is 4. The van der Waals surface area contributed by atoms with Gasteiger partial charge in [0.05, 0.1) is 12.6 Å². The highest BCUT2D eigenvalue weighted by Crippen LogP contribution is 2.17. The van der Waals surface area contributed by atoms with Crippen LogP contribution in [0.25, 0.3) is 0 Å². The fraction of sp³-hybridized carbons (Fsp3) is 0.600. The summed E-state index contributed by atoms with van der Waals surface area (Å²) < 4.78 is 5.10. The molecule has 1 aromatic rings. The standard InChI is InChI=1S/C10H18N4O/c1-7-5-12-10(11)13-9(7)14(3)8(2)6-15-4/h5,8H,6H2,1-4H3,(H2,11,12,13). The molecule has 1 rings (SSSR count). The van der Waals surface area contributed by atoms with Gasteiger partial charge in [-0.15, -0.1) is 0 Å². The first-order valence-electron chi connectivity index (χ1n) is 4.87. The number of anilines is 2. The highest BCUT2D eigenvalue weighted by Gasteiger charge is 2.13. The van der Waals surface area contributed by atoms with E-state index < -0.39 is 0 Å². The third-order valence-corrected chi connectivity index (χ3v) is 2.37. The monoisotopic (exact) mass is 210 g/mol. The van der Waals surface area contributed by atoms with E-state index in [0.29, 0.717) is 12.6 Å². The minimum absolute atomic E-state index is 0.253. The fourth-order valence-electron chi connectivity index (χ4n) is 1.37. The summed E-state index contributed by atoms with van der Waals surface area (Å²) in [6.45, 7) is 4.69. The van der Waals surface area contributed by atoms with Crippen molar-refractivity contribution >= 4 is 11.8 Å². The van der Waals surface area contributed by atoms with Crippen LogP contribution >= 0.6 is 0 Å². The molecule has 0 saturated heterocycles. The Labute approximate surface area is 90.3 Å². The predicted molar refractivity (Wildman–Crippen MR) is 60.9 cm³/mol. The summed E-state index contributed by atoms with van der Waals surface area (Å²) in [5.74, 6) is 1.15. The summed E-state index contributed by atoms with van der Waals surface area (Å²) in [4.78, 5) is 10.2. The maximum Gasteiger partial charge on any atom is 0.221 e. The zero-order valence-electron chi connectivity index (χ0n) is 9.69. The second kappa shape index (κ2) is 4.93. The van der Waals surface area contributed by atoms with Crippen LogP contribution in [0.15, 0.2) is 6.20 Å². The third kappa shape index (κ3) is 2.79. The lowest BCUT2D eigenvalue weighted by Crippen LogP contribution is -2.34. The number of aromatic nitrogens is 2. The smallest absolute Gasteiger partial charge is 0.221 e. The van der Waals surface area contributed by atoms with Crippen molar-refractivity contribution in [1.82, 2.24) is 9.97 Å². The Kier molecular flexibility index (Phi) is 3.85. The average Bonchev–Trinajstić information content (AvgIpc) is 2.21. The Bertz CT molecular complexity index is 329. The molecule has 1 aromatic heterocycles. The van der Waals surface area contributed by atoms with E-state index in [4.69, 9.17) is 10.5 Å². The molecule has 5 nitrogen and oxygen atoms in total. The van der Waals surface area contributed by atoms with Crippen LogP contribution in [0.1, 0.15) is 12.5 Å². The van der Waals surface area contributed by atoms with E-state index in [1.165, 1.54) is 0 Å². The first-order valence-corrected chi connectivity index (χ1v) is 4.87. The highest BCUT2D eigenvalue weighted by molar-refractivity contribution is 5.47. The minimum atomic E-state index is 0.253. The molecule has 0 bridgehead atoms. The van der Waals surface area contributed by atoms with Gasteiger partial charge in [0, 0.05) is 25.9 Å². The Morgan fingerprint density at radius 1 is 1.60 bits per heavy atom. The van der Waals surface area contributed by atoms with Gasteiger partial charge in [0.1, 0.15) is 5.82 Å². The number of hydrogen-bond acceptors (Lipinski definition) is 5. The van der Waals surface area contributed by atoms with Crippen molar-refractivity contribution in [3.8, 4) is 0 Å². The summed E-state index contributed by atoms with van der Waals surface area (Å²) in [5, 5.41) is 0. The maximum absolute atomic E-state index is 5.56. The van der Waals surface area contributed by atoms with Gasteiger partial charge in [0.25, 0.3) is 0 Å². The molecule has 0 aliphatic carbocycles. The van der Waals surface area contributed by atoms with E-state index in [-0.39, 0.29) is 6.04 Å². The number of ether oxygens (including phenoxy) is 1. The normalized spacial score (nSPS) is 12.5. The minimum Gasteiger partial charge on any atom is -0.383 e. The zero-order valence-corrected chi connectivity index (χ0v) is 9.69. The van der Waals surface area contributed by atoms with Crippen LogP contribution in [0, 0.1) is 6.92 Å². The van der Waals surface area contributed by atoms with Crippen molar-refractivity contribution in [2.45, 2.75) is 19.9 Å². The molecular weight excluding hydrogens is 192 g/mol. The molecular formula is C10H18N4O. The Morgan fingerprint density at radius 2 is 2.27 bits per heavy atom. The van der Waals surface area contributed by atoms with Gasteiger partial charge in [-0.05, 0) is 13.8 Å². The van der Waals surface area contributed by atoms with Crippen LogP contribution in [0.5, 0.6) is 0 Å². The number of methoxy groups -OCH3 is 1. The molecule has 1 unspecified atom stereocenters. The number of hydrogen-bond donors (Lipinski definition) is 1. The molecule has 0 amide bonds. The van der Waals surface area contributed by atoms with Crippen LogP contribution in [0.4, 0.5) is 11.8 Å². The summed E-state index contributed by atoms with van der Waals surface area (Å²) in [6.07, 6.45) is 1.73. The van der Waals surface area contributed by atoms with Crippen molar-refractivity contribution in [3.05, 3.63) is 11.8 Å².